The molecule has 4 nitrogen and oxygen atoms in total. The molecule has 0 atom stereocenters. The topological polar surface area (TPSA) is 62.2 Å². The zero-order chi connectivity index (χ0) is 15.9. The van der Waals surface area contributed by atoms with E-state index in [2.05, 4.69) is 16.4 Å². The van der Waals surface area contributed by atoms with Crippen molar-refractivity contribution in [3.63, 3.8) is 0 Å². The largest absolute Gasteiger partial charge is 1.00 e. The smallest absolute Gasteiger partial charge is 0.481 e. The Kier molecular flexibility index (Phi) is 9.34. The van der Waals surface area contributed by atoms with Gasteiger partial charge in [-0.15, -0.1) is 23.5 Å². The molecule has 0 saturated heterocycles. The summed E-state index contributed by atoms with van der Waals surface area (Å²) < 4.78 is 36.8. The van der Waals surface area contributed by atoms with Crippen molar-refractivity contribution in [2.24, 2.45) is 0 Å². The van der Waals surface area contributed by atoms with Gasteiger partial charge in [0.25, 0.3) is 0 Å². The van der Waals surface area contributed by atoms with E-state index in [0.717, 1.165) is 16.7 Å². The van der Waals surface area contributed by atoms with Crippen LogP contribution in [0.5, 0.6) is 0 Å². The molecule has 1 heterocycles. The number of nitrogens with zero attached hydrogens (tertiary/aromatic N) is 1. The van der Waals surface area contributed by atoms with Gasteiger partial charge in [-0.05, 0) is 0 Å². The molecule has 1 aromatic carbocycles. The molecular formula is C13H12F3N2NaO2S. The molecule has 2 rings (SSSR count). The average Bonchev–Trinajstić information content (AvgIpc) is 2.89. The van der Waals surface area contributed by atoms with Crippen molar-refractivity contribution in [2.75, 3.05) is 5.32 Å². The number of halogens is 3. The summed E-state index contributed by atoms with van der Waals surface area (Å²) in [6, 6.07) is 9.55. The van der Waals surface area contributed by atoms with Crippen LogP contribution in [-0.2, 0) is 11.0 Å². The molecule has 0 aliphatic rings. The number of aliphatic carboxylic acids is 1. The molecule has 0 saturated carbocycles. The van der Waals surface area contributed by atoms with Crippen molar-refractivity contribution in [2.45, 2.75) is 19.5 Å². The zero-order valence-corrected chi connectivity index (χ0v) is 14.8. The predicted octanol–water partition coefficient (Wildman–Crippen LogP) is 1.19. The van der Waals surface area contributed by atoms with Gasteiger partial charge in [-0.2, -0.15) is 31.4 Å². The molecule has 0 amide bonds. The summed E-state index contributed by atoms with van der Waals surface area (Å²) in [5.41, 5.74) is -0.190. The number of hydrogen-bond donors (Lipinski definition) is 2. The van der Waals surface area contributed by atoms with Crippen molar-refractivity contribution < 1.29 is 52.6 Å². The second kappa shape index (κ2) is 9.83. The fourth-order valence-corrected chi connectivity index (χ4v) is 1.79. The van der Waals surface area contributed by atoms with Gasteiger partial charge in [0, 0.05) is 11.8 Å². The number of rotatable bonds is 3. The van der Waals surface area contributed by atoms with E-state index in [4.69, 9.17) is 5.11 Å². The Morgan fingerprint density at radius 1 is 1.41 bits per heavy atom. The number of hydrogen-bond acceptors (Lipinski definition) is 4. The van der Waals surface area contributed by atoms with Crippen LogP contribution < -0.4 is 34.9 Å². The monoisotopic (exact) mass is 340 g/mol. The molecule has 9 heteroatoms. The van der Waals surface area contributed by atoms with Crippen LogP contribution in [0.3, 0.4) is 0 Å². The van der Waals surface area contributed by atoms with Crippen LogP contribution in [0.2, 0.25) is 0 Å². The van der Waals surface area contributed by atoms with E-state index >= 15 is 0 Å². The van der Waals surface area contributed by atoms with Crippen LogP contribution in [0.15, 0.2) is 29.6 Å². The molecule has 0 spiro atoms. The molecule has 22 heavy (non-hydrogen) atoms. The van der Waals surface area contributed by atoms with E-state index in [1.165, 1.54) is 0 Å². The van der Waals surface area contributed by atoms with Crippen molar-refractivity contribution in [3.8, 4) is 0 Å². The third-order valence-corrected chi connectivity index (χ3v) is 2.82. The van der Waals surface area contributed by atoms with Gasteiger partial charge in [-0.1, -0.05) is 12.6 Å². The van der Waals surface area contributed by atoms with Crippen LogP contribution in [0, 0.1) is 6.07 Å². The Hall–Kier alpha value is -1.09. The zero-order valence-electron chi connectivity index (χ0n) is 11.9. The summed E-state index contributed by atoms with van der Waals surface area (Å²) in [5, 5.41) is 11.7. The molecule has 0 aliphatic carbocycles. The van der Waals surface area contributed by atoms with Gasteiger partial charge in [0.2, 0.25) is 0 Å². The van der Waals surface area contributed by atoms with Gasteiger partial charge in [-0.3, -0.25) is 4.79 Å². The SMILES string of the molecule is CCC(=O)O.FC(F)(F)c1csc(Nc2cc[c-]cc2)n1.[Na+]. The summed E-state index contributed by atoms with van der Waals surface area (Å²) in [6.45, 7) is 1.60. The Bertz CT molecular complexity index is 576. The molecule has 0 fully saturated rings. The number of alkyl halides is 3. The van der Waals surface area contributed by atoms with Crippen LogP contribution >= 0.6 is 11.3 Å². The van der Waals surface area contributed by atoms with Crippen molar-refractivity contribution in [3.05, 3.63) is 41.4 Å². The molecule has 1 aromatic heterocycles. The van der Waals surface area contributed by atoms with Gasteiger partial charge in [0.1, 0.15) is 0 Å². The Morgan fingerprint density at radius 2 is 1.95 bits per heavy atom. The molecule has 0 aliphatic heterocycles. The second-order valence-electron chi connectivity index (χ2n) is 3.70. The number of benzene rings is 1. The minimum atomic E-state index is -4.39. The number of aromatic nitrogens is 1. The maximum Gasteiger partial charge on any atom is 1.00 e. The summed E-state index contributed by atoms with van der Waals surface area (Å²) in [4.78, 5) is 12.8. The first-order valence-corrected chi connectivity index (χ1v) is 6.68. The van der Waals surface area contributed by atoms with Gasteiger partial charge < -0.3 is 10.4 Å². The van der Waals surface area contributed by atoms with Crippen molar-refractivity contribution in [1.29, 1.82) is 0 Å². The molecule has 2 aromatic rings. The van der Waals surface area contributed by atoms with E-state index in [0.29, 0.717) is 5.69 Å². The van der Waals surface area contributed by atoms with Gasteiger partial charge in [0.05, 0.1) is 0 Å². The normalized spacial score (nSPS) is 10.0. The molecule has 0 unspecified atom stereocenters. The standard InChI is InChI=1S/C10H6F3N2S.C3H6O2.Na/c11-10(12,13)8-6-16-9(15-8)14-7-4-2-1-3-5-7;1-2-3(4)5;/h2-6H,(H,14,15);2H2,1H3,(H,4,5);/q-1;;+1. The van der Waals surface area contributed by atoms with Gasteiger partial charge in [0.15, 0.2) is 10.8 Å². The Labute approximate surface area is 151 Å². The summed E-state index contributed by atoms with van der Waals surface area (Å²) in [6.07, 6.45) is -4.17. The molecule has 0 bridgehead atoms. The minimum absolute atomic E-state index is 0. The third kappa shape index (κ3) is 7.79. The van der Waals surface area contributed by atoms with Gasteiger partial charge in [-0.25, -0.2) is 4.98 Å². The number of anilines is 2. The summed E-state index contributed by atoms with van der Waals surface area (Å²) >= 11 is 0.919. The van der Waals surface area contributed by atoms with Crippen LogP contribution in [0.4, 0.5) is 24.0 Å². The number of nitrogens with one attached hydrogen (secondary N) is 1. The number of carbonyl (C=O) groups is 1. The average molecular weight is 340 g/mol. The van der Waals surface area contributed by atoms with E-state index in [1.54, 1.807) is 31.2 Å². The van der Waals surface area contributed by atoms with E-state index in [1.807, 2.05) is 0 Å². The van der Waals surface area contributed by atoms with E-state index < -0.39 is 17.8 Å². The van der Waals surface area contributed by atoms with Crippen LogP contribution in [0.1, 0.15) is 19.0 Å². The van der Waals surface area contributed by atoms with Gasteiger partial charge >= 0.3 is 41.7 Å². The molecule has 0 radical (unpaired) electrons. The first-order chi connectivity index (χ1) is 9.82. The first kappa shape index (κ1) is 20.9. The van der Waals surface area contributed by atoms with Crippen molar-refractivity contribution >= 4 is 28.1 Å². The fourth-order valence-electron chi connectivity index (χ4n) is 1.06. The van der Waals surface area contributed by atoms with Crippen molar-refractivity contribution in [1.82, 2.24) is 4.98 Å². The molecule has 114 valence electrons. The van der Waals surface area contributed by atoms with Crippen LogP contribution in [-0.4, -0.2) is 16.1 Å². The van der Waals surface area contributed by atoms with E-state index in [-0.39, 0.29) is 41.1 Å². The maximum atomic E-state index is 12.3. The predicted molar refractivity (Wildman–Crippen MR) is 73.6 cm³/mol. The number of carboxylic acid groups (broad SMARTS) is 1. The number of carboxylic acids is 1. The quantitative estimate of drug-likeness (QED) is 0.651. The third-order valence-electron chi connectivity index (χ3n) is 2.07. The summed E-state index contributed by atoms with van der Waals surface area (Å²) in [5.74, 6) is -0.745. The fraction of sp³-hybridized carbons (Fsp3) is 0.231. The molecular weight excluding hydrogens is 328 g/mol. The second-order valence-corrected chi connectivity index (χ2v) is 4.55. The Balaban J connectivity index is 0.000000644. The number of thiazole rings is 1. The first-order valence-electron chi connectivity index (χ1n) is 5.80. The maximum absolute atomic E-state index is 12.3. The van der Waals surface area contributed by atoms with E-state index in [9.17, 15) is 18.0 Å². The van der Waals surface area contributed by atoms with Crippen LogP contribution in [0.25, 0.3) is 0 Å². The molecule has 2 N–H and O–H groups in total. The summed E-state index contributed by atoms with van der Waals surface area (Å²) in [7, 11) is 0. The minimum Gasteiger partial charge on any atom is -0.481 e. The Morgan fingerprint density at radius 3 is 2.36 bits per heavy atom.